The van der Waals surface area contributed by atoms with Gasteiger partial charge in [0.1, 0.15) is 5.65 Å². The van der Waals surface area contributed by atoms with E-state index in [1.807, 2.05) is 12.1 Å². The number of H-pyrrole nitrogens is 1. The van der Waals surface area contributed by atoms with Crippen LogP contribution in [0.15, 0.2) is 30.6 Å². The highest BCUT2D eigenvalue weighted by Gasteiger charge is 2.58. The van der Waals surface area contributed by atoms with Gasteiger partial charge in [0.05, 0.1) is 6.54 Å². The number of hydrogen-bond donors (Lipinski definition) is 1. The topological polar surface area (TPSA) is 31.9 Å². The molecule has 0 radical (unpaired) electrons. The maximum Gasteiger partial charge on any atom is 0.454 e. The van der Waals surface area contributed by atoms with E-state index in [-0.39, 0.29) is 19.0 Å². The minimum atomic E-state index is -5.54. The summed E-state index contributed by atoms with van der Waals surface area (Å²) in [5.74, 6) is -4.85. The summed E-state index contributed by atoms with van der Waals surface area (Å²) < 4.78 is 64.1. The van der Waals surface area contributed by atoms with Crippen LogP contribution >= 0.6 is 0 Å². The number of nitrogens with one attached hydrogen (secondary N) is 1. The van der Waals surface area contributed by atoms with Gasteiger partial charge in [-0.25, -0.2) is 4.98 Å². The molecule has 0 amide bonds. The van der Waals surface area contributed by atoms with E-state index in [0.29, 0.717) is 5.65 Å². The number of alkyl halides is 5. The molecule has 0 spiro atoms. The first-order chi connectivity index (χ1) is 11.2. The smallest absolute Gasteiger partial charge is 0.346 e. The minimum Gasteiger partial charge on any atom is -0.346 e. The summed E-state index contributed by atoms with van der Waals surface area (Å²) in [7, 11) is 0. The Labute approximate surface area is 135 Å². The second kappa shape index (κ2) is 5.84. The lowest BCUT2D eigenvalue weighted by atomic mass is 9.95. The van der Waals surface area contributed by atoms with Gasteiger partial charge < -0.3 is 4.98 Å². The van der Waals surface area contributed by atoms with E-state index < -0.39 is 18.6 Å². The Morgan fingerprint density at radius 2 is 2.04 bits per heavy atom. The number of fused-ring (bicyclic) bond motifs is 1. The summed E-state index contributed by atoms with van der Waals surface area (Å²) in [6.45, 7) is 0.664. The van der Waals surface area contributed by atoms with Crippen molar-refractivity contribution in [1.29, 1.82) is 0 Å². The number of nitrogens with zero attached hydrogens (tertiary/aromatic N) is 2. The molecular formula is C16H16F5N3. The maximum atomic E-state index is 13.4. The van der Waals surface area contributed by atoms with Crippen molar-refractivity contribution in [3.05, 3.63) is 36.2 Å². The Morgan fingerprint density at radius 3 is 2.75 bits per heavy atom. The average Bonchev–Trinajstić information content (AvgIpc) is 2.88. The molecule has 3 nitrogen and oxygen atoms in total. The monoisotopic (exact) mass is 345 g/mol. The van der Waals surface area contributed by atoms with Crippen LogP contribution in [0.3, 0.4) is 0 Å². The number of aromatic nitrogens is 2. The zero-order chi connectivity index (χ0) is 17.5. The first kappa shape index (κ1) is 16.9. The van der Waals surface area contributed by atoms with E-state index in [2.05, 4.69) is 9.97 Å². The molecule has 0 aliphatic carbocycles. The van der Waals surface area contributed by atoms with Gasteiger partial charge >= 0.3 is 12.1 Å². The highest BCUT2D eigenvalue weighted by molar-refractivity contribution is 5.91. The molecule has 2 aromatic rings. The van der Waals surface area contributed by atoms with Gasteiger partial charge in [0, 0.05) is 36.4 Å². The summed E-state index contributed by atoms with van der Waals surface area (Å²) in [6, 6.07) is 3.59. The molecule has 1 N–H and O–H groups in total. The second-order valence-electron chi connectivity index (χ2n) is 6.14. The van der Waals surface area contributed by atoms with Crippen LogP contribution in [0.5, 0.6) is 0 Å². The molecule has 0 unspecified atom stereocenters. The SMILES string of the molecule is C[C@H]1C=C(c2c[nH]c3ncccc23)CN(CC(F)(F)C(F)(F)F)C1. The Morgan fingerprint density at radius 1 is 1.29 bits per heavy atom. The Hall–Kier alpha value is -1.96. The Bertz CT molecular complexity index is 762. The van der Waals surface area contributed by atoms with Crippen molar-refractivity contribution in [3.8, 4) is 0 Å². The zero-order valence-corrected chi connectivity index (χ0v) is 12.9. The van der Waals surface area contributed by atoms with E-state index in [1.54, 1.807) is 25.4 Å². The molecule has 3 rings (SSSR count). The van der Waals surface area contributed by atoms with Gasteiger partial charge in [-0.2, -0.15) is 22.0 Å². The molecule has 1 aliphatic heterocycles. The predicted octanol–water partition coefficient (Wildman–Crippen LogP) is 4.10. The van der Waals surface area contributed by atoms with Crippen molar-refractivity contribution in [2.24, 2.45) is 5.92 Å². The van der Waals surface area contributed by atoms with Crippen LogP contribution in [0.25, 0.3) is 16.6 Å². The lowest BCUT2D eigenvalue weighted by molar-refractivity contribution is -0.286. The van der Waals surface area contributed by atoms with Crippen LogP contribution in [0.2, 0.25) is 0 Å². The van der Waals surface area contributed by atoms with E-state index in [9.17, 15) is 22.0 Å². The van der Waals surface area contributed by atoms with E-state index in [0.717, 1.165) is 21.4 Å². The summed E-state index contributed by atoms with van der Waals surface area (Å²) >= 11 is 0. The molecule has 1 aliphatic rings. The standard InChI is InChI=1S/C16H16F5N3/c1-10-5-11(13-6-23-14-12(13)3-2-4-22-14)8-24(7-10)9-15(17,18)16(19,20)21/h2-6,10H,7-9H2,1H3,(H,22,23)/t10-/m0/s1. The lowest BCUT2D eigenvalue weighted by Gasteiger charge is -2.33. The van der Waals surface area contributed by atoms with Gasteiger partial charge in [-0.3, -0.25) is 4.90 Å². The van der Waals surface area contributed by atoms with E-state index >= 15 is 0 Å². The third-order valence-electron chi connectivity index (χ3n) is 4.06. The molecule has 0 aromatic carbocycles. The normalized spacial score (nSPS) is 20.4. The number of rotatable bonds is 3. The van der Waals surface area contributed by atoms with Crippen molar-refractivity contribution < 1.29 is 22.0 Å². The van der Waals surface area contributed by atoms with Crippen molar-refractivity contribution in [2.45, 2.75) is 19.0 Å². The highest BCUT2D eigenvalue weighted by Crippen LogP contribution is 2.37. The average molecular weight is 345 g/mol. The number of pyridine rings is 1. The van der Waals surface area contributed by atoms with Crippen molar-refractivity contribution >= 4 is 16.6 Å². The van der Waals surface area contributed by atoms with E-state index in [4.69, 9.17) is 0 Å². The summed E-state index contributed by atoms with van der Waals surface area (Å²) in [5, 5.41) is 0.820. The first-order valence-corrected chi connectivity index (χ1v) is 7.47. The molecule has 0 bridgehead atoms. The number of halogens is 5. The Balaban J connectivity index is 1.86. The molecular weight excluding hydrogens is 329 g/mol. The van der Waals surface area contributed by atoms with E-state index in [1.165, 1.54) is 0 Å². The minimum absolute atomic E-state index is 0.0395. The fourth-order valence-corrected chi connectivity index (χ4v) is 3.05. The largest absolute Gasteiger partial charge is 0.454 e. The van der Waals surface area contributed by atoms with Crippen LogP contribution in [0, 0.1) is 5.92 Å². The van der Waals surface area contributed by atoms with Crippen molar-refractivity contribution in [1.82, 2.24) is 14.9 Å². The number of hydrogen-bond acceptors (Lipinski definition) is 2. The Kier molecular flexibility index (Phi) is 4.11. The van der Waals surface area contributed by atoms with Crippen LogP contribution in [-0.2, 0) is 0 Å². The third kappa shape index (κ3) is 3.15. The zero-order valence-electron chi connectivity index (χ0n) is 12.9. The first-order valence-electron chi connectivity index (χ1n) is 7.47. The van der Waals surface area contributed by atoms with Crippen molar-refractivity contribution in [3.63, 3.8) is 0 Å². The summed E-state index contributed by atoms with van der Waals surface area (Å²) in [4.78, 5) is 8.31. The summed E-state index contributed by atoms with van der Waals surface area (Å²) in [6.07, 6.45) is -0.293. The third-order valence-corrected chi connectivity index (χ3v) is 4.06. The molecule has 0 saturated carbocycles. The van der Waals surface area contributed by atoms with Crippen LogP contribution in [0.4, 0.5) is 22.0 Å². The van der Waals surface area contributed by atoms with Crippen LogP contribution in [0.1, 0.15) is 12.5 Å². The molecule has 0 saturated heterocycles. The molecule has 130 valence electrons. The summed E-state index contributed by atoms with van der Waals surface area (Å²) in [5.41, 5.74) is 2.16. The fourth-order valence-electron chi connectivity index (χ4n) is 3.05. The van der Waals surface area contributed by atoms with Crippen LogP contribution < -0.4 is 0 Å². The van der Waals surface area contributed by atoms with Crippen molar-refractivity contribution in [2.75, 3.05) is 19.6 Å². The molecule has 3 heterocycles. The van der Waals surface area contributed by atoms with Gasteiger partial charge in [0.25, 0.3) is 0 Å². The lowest BCUT2D eigenvalue weighted by Crippen LogP contribution is -2.49. The fraction of sp³-hybridized carbons (Fsp3) is 0.438. The van der Waals surface area contributed by atoms with Crippen LogP contribution in [-0.4, -0.2) is 46.6 Å². The highest BCUT2D eigenvalue weighted by atomic mass is 19.4. The molecule has 0 fully saturated rings. The van der Waals surface area contributed by atoms with Gasteiger partial charge in [-0.15, -0.1) is 0 Å². The second-order valence-corrected chi connectivity index (χ2v) is 6.14. The quantitative estimate of drug-likeness (QED) is 0.850. The van der Waals surface area contributed by atoms with Gasteiger partial charge in [0.2, 0.25) is 0 Å². The molecule has 2 aromatic heterocycles. The molecule has 8 heteroatoms. The van der Waals surface area contributed by atoms with Gasteiger partial charge in [-0.1, -0.05) is 13.0 Å². The predicted molar refractivity (Wildman–Crippen MR) is 80.7 cm³/mol. The van der Waals surface area contributed by atoms with Gasteiger partial charge in [0.15, 0.2) is 0 Å². The number of aromatic amines is 1. The molecule has 1 atom stereocenters. The maximum absolute atomic E-state index is 13.4. The molecule has 24 heavy (non-hydrogen) atoms. The van der Waals surface area contributed by atoms with Gasteiger partial charge in [-0.05, 0) is 23.6 Å².